The molecule has 0 bridgehead atoms. The Morgan fingerprint density at radius 2 is 1.81 bits per heavy atom. The lowest BCUT2D eigenvalue weighted by molar-refractivity contribution is 0.102. The summed E-state index contributed by atoms with van der Waals surface area (Å²) < 4.78 is 5.69. The highest BCUT2D eigenvalue weighted by molar-refractivity contribution is 6.04. The number of hydrogen-bond donors (Lipinski definition) is 3. The number of rotatable bonds is 3. The number of nitrogens with zero attached hydrogens (tertiary/aromatic N) is 1. The Balaban J connectivity index is 1.65. The van der Waals surface area contributed by atoms with Crippen LogP contribution in [-0.4, -0.2) is 16.0 Å². The average Bonchev–Trinajstić information content (AvgIpc) is 3.07. The molecule has 0 saturated carbocycles. The fourth-order valence-corrected chi connectivity index (χ4v) is 2.61. The predicted molar refractivity (Wildman–Crippen MR) is 99.9 cm³/mol. The van der Waals surface area contributed by atoms with Crippen LogP contribution in [0, 0.1) is 0 Å². The molecule has 0 atom stereocenters. The number of carbonyl (C=O) groups is 1. The lowest BCUT2D eigenvalue weighted by Crippen LogP contribution is -2.11. The molecule has 1 aromatic heterocycles. The van der Waals surface area contributed by atoms with Crippen molar-refractivity contribution in [3.63, 3.8) is 0 Å². The number of para-hydroxylation sites is 2. The van der Waals surface area contributed by atoms with E-state index in [1.807, 2.05) is 18.2 Å². The van der Waals surface area contributed by atoms with E-state index in [1.165, 1.54) is 6.07 Å². The standard InChI is InChI=1S/C20H15N3O3/c21-13-7-5-12(6-8-13)19(25)22-14-9-10-17(24)15(11-14)20-23-16-3-1-2-4-18(16)26-20/h1-11,24H,21H2,(H,22,25). The summed E-state index contributed by atoms with van der Waals surface area (Å²) >= 11 is 0. The van der Waals surface area contributed by atoms with E-state index in [1.54, 1.807) is 42.5 Å². The maximum absolute atomic E-state index is 12.3. The first kappa shape index (κ1) is 15.7. The van der Waals surface area contributed by atoms with Crippen molar-refractivity contribution < 1.29 is 14.3 Å². The summed E-state index contributed by atoms with van der Waals surface area (Å²) in [6.07, 6.45) is 0. The van der Waals surface area contributed by atoms with Gasteiger partial charge in [0.15, 0.2) is 5.58 Å². The fraction of sp³-hybridized carbons (Fsp3) is 0. The van der Waals surface area contributed by atoms with Gasteiger partial charge in [-0.25, -0.2) is 4.98 Å². The van der Waals surface area contributed by atoms with E-state index >= 15 is 0 Å². The lowest BCUT2D eigenvalue weighted by atomic mass is 10.1. The van der Waals surface area contributed by atoms with Gasteiger partial charge in [0.2, 0.25) is 5.89 Å². The molecule has 26 heavy (non-hydrogen) atoms. The van der Waals surface area contributed by atoms with Crippen LogP contribution < -0.4 is 11.1 Å². The smallest absolute Gasteiger partial charge is 0.255 e. The zero-order valence-corrected chi connectivity index (χ0v) is 13.6. The summed E-state index contributed by atoms with van der Waals surface area (Å²) in [5.74, 6) is 0.0218. The molecule has 128 valence electrons. The molecule has 0 aliphatic heterocycles. The second-order valence-electron chi connectivity index (χ2n) is 5.79. The van der Waals surface area contributed by atoms with Gasteiger partial charge in [-0.15, -0.1) is 0 Å². The van der Waals surface area contributed by atoms with Gasteiger partial charge >= 0.3 is 0 Å². The minimum atomic E-state index is -0.279. The van der Waals surface area contributed by atoms with E-state index in [0.717, 1.165) is 0 Å². The first-order valence-electron chi connectivity index (χ1n) is 7.96. The number of fused-ring (bicyclic) bond motifs is 1. The second-order valence-corrected chi connectivity index (χ2v) is 5.79. The summed E-state index contributed by atoms with van der Waals surface area (Å²) in [5, 5.41) is 13.0. The predicted octanol–water partition coefficient (Wildman–Crippen LogP) is 4.03. The number of oxazole rings is 1. The van der Waals surface area contributed by atoms with Gasteiger partial charge in [-0.3, -0.25) is 4.79 Å². The van der Waals surface area contributed by atoms with Crippen molar-refractivity contribution in [3.8, 4) is 17.2 Å². The number of nitrogens with two attached hydrogens (primary N) is 1. The highest BCUT2D eigenvalue weighted by Gasteiger charge is 2.14. The minimum Gasteiger partial charge on any atom is -0.507 e. The number of phenols is 1. The molecule has 6 heteroatoms. The van der Waals surface area contributed by atoms with Crippen molar-refractivity contribution in [3.05, 3.63) is 72.3 Å². The molecule has 0 radical (unpaired) electrons. The van der Waals surface area contributed by atoms with Crippen LogP contribution in [0.5, 0.6) is 5.75 Å². The molecule has 0 saturated heterocycles. The minimum absolute atomic E-state index is 0.0158. The first-order valence-corrected chi connectivity index (χ1v) is 7.96. The van der Waals surface area contributed by atoms with Crippen molar-refractivity contribution in [2.75, 3.05) is 11.1 Å². The molecule has 4 rings (SSSR count). The Morgan fingerprint density at radius 3 is 2.58 bits per heavy atom. The maximum atomic E-state index is 12.3. The van der Waals surface area contributed by atoms with Gasteiger partial charge in [0, 0.05) is 16.9 Å². The van der Waals surface area contributed by atoms with E-state index in [9.17, 15) is 9.90 Å². The largest absolute Gasteiger partial charge is 0.507 e. The van der Waals surface area contributed by atoms with Crippen molar-refractivity contribution in [2.24, 2.45) is 0 Å². The monoisotopic (exact) mass is 345 g/mol. The van der Waals surface area contributed by atoms with Gasteiger partial charge in [-0.05, 0) is 54.6 Å². The number of amides is 1. The van der Waals surface area contributed by atoms with Gasteiger partial charge in [-0.2, -0.15) is 0 Å². The third kappa shape index (κ3) is 2.95. The number of phenolic OH excluding ortho intramolecular Hbond substituents is 1. The molecule has 0 fully saturated rings. The van der Waals surface area contributed by atoms with E-state index in [-0.39, 0.29) is 17.5 Å². The van der Waals surface area contributed by atoms with E-state index in [0.29, 0.717) is 33.6 Å². The van der Waals surface area contributed by atoms with Crippen molar-refractivity contribution >= 4 is 28.4 Å². The van der Waals surface area contributed by atoms with Crippen LogP contribution in [0.4, 0.5) is 11.4 Å². The Kier molecular flexibility index (Phi) is 3.78. The average molecular weight is 345 g/mol. The molecule has 6 nitrogen and oxygen atoms in total. The third-order valence-corrected chi connectivity index (χ3v) is 3.95. The number of aromatic nitrogens is 1. The third-order valence-electron chi connectivity index (χ3n) is 3.95. The molecule has 1 heterocycles. The SMILES string of the molecule is Nc1ccc(C(=O)Nc2ccc(O)c(-c3nc4ccccc4o3)c2)cc1. The van der Waals surface area contributed by atoms with Crippen LogP contribution in [0.3, 0.4) is 0 Å². The summed E-state index contributed by atoms with van der Waals surface area (Å²) in [5.41, 5.74) is 8.94. The van der Waals surface area contributed by atoms with Gasteiger partial charge in [0.25, 0.3) is 5.91 Å². The number of carbonyl (C=O) groups excluding carboxylic acids is 1. The van der Waals surface area contributed by atoms with Crippen molar-refractivity contribution in [1.82, 2.24) is 4.98 Å². The van der Waals surface area contributed by atoms with Gasteiger partial charge < -0.3 is 20.6 Å². The number of aromatic hydroxyl groups is 1. The Bertz CT molecular complexity index is 1070. The molecule has 0 spiro atoms. The van der Waals surface area contributed by atoms with E-state index in [4.69, 9.17) is 10.2 Å². The maximum Gasteiger partial charge on any atom is 0.255 e. The molecular formula is C20H15N3O3. The number of benzene rings is 3. The Morgan fingerprint density at radius 1 is 1.04 bits per heavy atom. The summed E-state index contributed by atoms with van der Waals surface area (Å²) in [4.78, 5) is 16.7. The molecule has 0 unspecified atom stereocenters. The van der Waals surface area contributed by atoms with Gasteiger partial charge in [0.1, 0.15) is 11.3 Å². The zero-order valence-electron chi connectivity index (χ0n) is 13.6. The van der Waals surface area contributed by atoms with Gasteiger partial charge in [0.05, 0.1) is 5.56 Å². The number of anilines is 2. The Hall–Kier alpha value is -3.80. The van der Waals surface area contributed by atoms with Crippen LogP contribution in [-0.2, 0) is 0 Å². The van der Waals surface area contributed by atoms with Crippen molar-refractivity contribution in [2.45, 2.75) is 0 Å². The molecular weight excluding hydrogens is 330 g/mol. The lowest BCUT2D eigenvalue weighted by Gasteiger charge is -2.08. The van der Waals surface area contributed by atoms with Crippen LogP contribution in [0.25, 0.3) is 22.6 Å². The summed E-state index contributed by atoms with van der Waals surface area (Å²) in [6, 6.07) is 18.7. The number of hydrogen-bond acceptors (Lipinski definition) is 5. The van der Waals surface area contributed by atoms with Gasteiger partial charge in [-0.1, -0.05) is 12.1 Å². The van der Waals surface area contributed by atoms with Crippen molar-refractivity contribution in [1.29, 1.82) is 0 Å². The van der Waals surface area contributed by atoms with E-state index in [2.05, 4.69) is 10.3 Å². The zero-order chi connectivity index (χ0) is 18.1. The molecule has 0 aliphatic carbocycles. The quantitative estimate of drug-likeness (QED) is 0.384. The molecule has 4 N–H and O–H groups in total. The molecule has 0 aliphatic rings. The first-order chi connectivity index (χ1) is 12.6. The summed E-state index contributed by atoms with van der Waals surface area (Å²) in [6.45, 7) is 0. The normalized spacial score (nSPS) is 10.8. The highest BCUT2D eigenvalue weighted by Crippen LogP contribution is 2.33. The molecule has 1 amide bonds. The number of nitrogens with one attached hydrogen (secondary N) is 1. The number of nitrogen functional groups attached to an aromatic ring is 1. The fourth-order valence-electron chi connectivity index (χ4n) is 2.61. The highest BCUT2D eigenvalue weighted by atomic mass is 16.3. The topological polar surface area (TPSA) is 101 Å². The Labute approximate surface area is 148 Å². The van der Waals surface area contributed by atoms with Crippen LogP contribution in [0.1, 0.15) is 10.4 Å². The van der Waals surface area contributed by atoms with E-state index < -0.39 is 0 Å². The van der Waals surface area contributed by atoms with Crippen LogP contribution in [0.15, 0.2) is 71.1 Å². The van der Waals surface area contributed by atoms with Crippen LogP contribution >= 0.6 is 0 Å². The summed E-state index contributed by atoms with van der Waals surface area (Å²) in [7, 11) is 0. The molecule has 4 aromatic rings. The second kappa shape index (κ2) is 6.25. The van der Waals surface area contributed by atoms with Crippen LogP contribution in [0.2, 0.25) is 0 Å². The molecule has 3 aromatic carbocycles.